The van der Waals surface area contributed by atoms with Crippen molar-refractivity contribution in [3.05, 3.63) is 89.6 Å². The zero-order valence-corrected chi connectivity index (χ0v) is 22.1. The number of nitrogens with one attached hydrogen (secondary N) is 1. The van der Waals surface area contributed by atoms with Crippen molar-refractivity contribution in [2.45, 2.75) is 26.8 Å². The predicted molar refractivity (Wildman–Crippen MR) is 149 cm³/mol. The molecule has 1 aliphatic rings. The van der Waals surface area contributed by atoms with Gasteiger partial charge in [0.05, 0.1) is 37.0 Å². The van der Waals surface area contributed by atoms with Gasteiger partial charge in [0.1, 0.15) is 23.0 Å². The first kappa shape index (κ1) is 25.9. The molecule has 2 heterocycles. The molecule has 5 rings (SSSR count). The number of carbonyl (C=O) groups excluding carboxylic acids is 2. The number of aliphatic hydroxyl groups excluding tert-OH is 1. The van der Waals surface area contributed by atoms with E-state index in [1.165, 1.54) is 4.90 Å². The second-order valence-corrected chi connectivity index (χ2v) is 8.91. The Morgan fingerprint density at radius 2 is 1.59 bits per heavy atom. The van der Waals surface area contributed by atoms with Crippen LogP contribution in [0.3, 0.4) is 0 Å². The van der Waals surface area contributed by atoms with Crippen molar-refractivity contribution in [3.8, 4) is 17.2 Å². The molecular formula is C31H30N2O6. The number of para-hydroxylation sites is 1. The summed E-state index contributed by atoms with van der Waals surface area (Å²) in [5, 5.41) is 12.5. The number of anilines is 1. The van der Waals surface area contributed by atoms with Gasteiger partial charge in [-0.05, 0) is 51.1 Å². The van der Waals surface area contributed by atoms with Crippen molar-refractivity contribution >= 4 is 34.0 Å². The quantitative estimate of drug-likeness (QED) is 0.158. The molecule has 8 heteroatoms. The molecule has 1 aromatic heterocycles. The van der Waals surface area contributed by atoms with E-state index in [4.69, 9.17) is 14.2 Å². The Morgan fingerprint density at radius 3 is 2.33 bits per heavy atom. The van der Waals surface area contributed by atoms with E-state index >= 15 is 0 Å². The van der Waals surface area contributed by atoms with Crippen molar-refractivity contribution in [3.63, 3.8) is 0 Å². The number of ether oxygens (including phenoxy) is 3. The molecule has 0 saturated carbocycles. The van der Waals surface area contributed by atoms with E-state index in [9.17, 15) is 14.7 Å². The summed E-state index contributed by atoms with van der Waals surface area (Å²) < 4.78 is 17.1. The summed E-state index contributed by atoms with van der Waals surface area (Å²) in [6.07, 6.45) is 1.77. The van der Waals surface area contributed by atoms with Crippen LogP contribution in [0.25, 0.3) is 16.7 Å². The van der Waals surface area contributed by atoms with Crippen molar-refractivity contribution in [1.29, 1.82) is 0 Å². The van der Waals surface area contributed by atoms with Gasteiger partial charge >= 0.3 is 0 Å². The molecule has 1 amide bonds. The molecule has 200 valence electrons. The number of carbonyl (C=O) groups is 2. The lowest BCUT2D eigenvalue weighted by molar-refractivity contribution is -0.132. The number of benzene rings is 3. The first-order valence-corrected chi connectivity index (χ1v) is 13.0. The van der Waals surface area contributed by atoms with E-state index in [2.05, 4.69) is 4.98 Å². The van der Waals surface area contributed by atoms with Crippen LogP contribution in [0.5, 0.6) is 17.2 Å². The molecular weight excluding hydrogens is 496 g/mol. The first-order valence-electron chi connectivity index (χ1n) is 13.0. The second kappa shape index (κ2) is 10.9. The van der Waals surface area contributed by atoms with Gasteiger partial charge in [-0.15, -0.1) is 0 Å². The number of fused-ring (bicyclic) bond motifs is 1. The van der Waals surface area contributed by atoms with Gasteiger partial charge in [-0.25, -0.2) is 0 Å². The molecule has 0 bridgehead atoms. The van der Waals surface area contributed by atoms with Crippen LogP contribution in [-0.4, -0.2) is 41.6 Å². The molecule has 39 heavy (non-hydrogen) atoms. The minimum Gasteiger partial charge on any atom is -0.507 e. The van der Waals surface area contributed by atoms with Crippen LogP contribution in [0.2, 0.25) is 0 Å². The lowest BCUT2D eigenvalue weighted by atomic mass is 9.94. The molecule has 4 aromatic rings. The number of hydrogen-bond donors (Lipinski definition) is 2. The maximum Gasteiger partial charge on any atom is 0.300 e. The molecule has 3 aromatic carbocycles. The fraction of sp³-hybridized carbons (Fsp3) is 0.226. The summed E-state index contributed by atoms with van der Waals surface area (Å²) in [6, 6.07) is 18.8. The van der Waals surface area contributed by atoms with Crippen molar-refractivity contribution in [1.82, 2.24) is 4.98 Å². The average Bonchev–Trinajstić information content (AvgIpc) is 3.47. The maximum absolute atomic E-state index is 13.7. The van der Waals surface area contributed by atoms with Crippen LogP contribution in [0.15, 0.2) is 78.5 Å². The SMILES string of the molecule is CCOc1cccc(N2C(=O)C(=O)/C(=C(/O)c3ccc(OCC)cc3OCC)C2c2c[nH]c3ccccc23)c1. The largest absolute Gasteiger partial charge is 0.507 e. The lowest BCUT2D eigenvalue weighted by Gasteiger charge is -2.25. The van der Waals surface area contributed by atoms with Crippen molar-refractivity contribution in [2.24, 2.45) is 0 Å². The van der Waals surface area contributed by atoms with E-state index in [-0.39, 0.29) is 11.3 Å². The number of Topliss-reactive ketones (excluding diaryl/α,β-unsaturated/α-hetero) is 1. The summed E-state index contributed by atoms with van der Waals surface area (Å²) in [5.41, 5.74) is 2.27. The smallest absolute Gasteiger partial charge is 0.300 e. The summed E-state index contributed by atoms with van der Waals surface area (Å²) in [7, 11) is 0. The Labute approximate surface area is 226 Å². The lowest BCUT2D eigenvalue weighted by Crippen LogP contribution is -2.29. The van der Waals surface area contributed by atoms with E-state index < -0.39 is 17.7 Å². The number of nitrogens with zero attached hydrogens (tertiary/aromatic N) is 1. The minimum atomic E-state index is -0.904. The van der Waals surface area contributed by atoms with E-state index in [0.29, 0.717) is 53.9 Å². The average molecular weight is 527 g/mol. The van der Waals surface area contributed by atoms with Crippen molar-refractivity contribution in [2.75, 3.05) is 24.7 Å². The number of aliphatic hydroxyl groups is 1. The van der Waals surface area contributed by atoms with Gasteiger partial charge in [0, 0.05) is 40.5 Å². The fourth-order valence-electron chi connectivity index (χ4n) is 4.98. The molecule has 0 spiro atoms. The number of hydrogen-bond acceptors (Lipinski definition) is 6. The normalized spacial score (nSPS) is 16.6. The number of aromatic amines is 1. The third kappa shape index (κ3) is 4.69. The zero-order chi connectivity index (χ0) is 27.5. The molecule has 0 radical (unpaired) electrons. The third-order valence-electron chi connectivity index (χ3n) is 6.59. The maximum atomic E-state index is 13.7. The molecule has 1 unspecified atom stereocenters. The number of amides is 1. The molecule has 8 nitrogen and oxygen atoms in total. The first-order chi connectivity index (χ1) is 19.0. The van der Waals surface area contributed by atoms with Crippen LogP contribution in [0.4, 0.5) is 5.69 Å². The third-order valence-corrected chi connectivity index (χ3v) is 6.59. The number of ketones is 1. The van der Waals surface area contributed by atoms with E-state index in [1.807, 2.05) is 45.0 Å². The monoisotopic (exact) mass is 526 g/mol. The van der Waals surface area contributed by atoms with Crippen LogP contribution in [-0.2, 0) is 9.59 Å². The molecule has 1 atom stereocenters. The highest BCUT2D eigenvalue weighted by Crippen LogP contribution is 2.46. The van der Waals surface area contributed by atoms with Gasteiger partial charge in [0.2, 0.25) is 0 Å². The Morgan fingerprint density at radius 1 is 0.872 bits per heavy atom. The Hall–Kier alpha value is -4.72. The van der Waals surface area contributed by atoms with Gasteiger partial charge in [0.25, 0.3) is 11.7 Å². The van der Waals surface area contributed by atoms with Gasteiger partial charge in [0.15, 0.2) is 0 Å². The number of H-pyrrole nitrogens is 1. The van der Waals surface area contributed by atoms with E-state index in [1.54, 1.807) is 48.7 Å². The van der Waals surface area contributed by atoms with Crippen LogP contribution >= 0.6 is 0 Å². The second-order valence-electron chi connectivity index (χ2n) is 8.91. The molecule has 1 aliphatic heterocycles. The van der Waals surface area contributed by atoms with Crippen molar-refractivity contribution < 1.29 is 28.9 Å². The minimum absolute atomic E-state index is 0.0309. The van der Waals surface area contributed by atoms with E-state index in [0.717, 1.165) is 10.9 Å². The molecule has 0 aliphatic carbocycles. The van der Waals surface area contributed by atoms with Gasteiger partial charge in [-0.1, -0.05) is 24.3 Å². The highest BCUT2D eigenvalue weighted by molar-refractivity contribution is 6.52. The number of rotatable bonds is 9. The summed E-state index contributed by atoms with van der Waals surface area (Å²) in [4.78, 5) is 32.0. The predicted octanol–water partition coefficient (Wildman–Crippen LogP) is 5.99. The highest BCUT2D eigenvalue weighted by Gasteiger charge is 2.48. The fourth-order valence-corrected chi connectivity index (χ4v) is 4.98. The van der Waals surface area contributed by atoms with Gasteiger partial charge in [-0.3, -0.25) is 14.5 Å². The molecule has 2 N–H and O–H groups in total. The Kier molecular flexibility index (Phi) is 7.27. The van der Waals surface area contributed by atoms with Crippen LogP contribution in [0.1, 0.15) is 37.9 Å². The Bertz CT molecular complexity index is 1570. The van der Waals surface area contributed by atoms with Gasteiger partial charge < -0.3 is 24.3 Å². The molecule has 1 saturated heterocycles. The summed E-state index contributed by atoms with van der Waals surface area (Å²) in [5.74, 6) is -0.370. The number of aromatic nitrogens is 1. The zero-order valence-electron chi connectivity index (χ0n) is 22.1. The van der Waals surface area contributed by atoms with Gasteiger partial charge in [-0.2, -0.15) is 0 Å². The molecule has 1 fully saturated rings. The van der Waals surface area contributed by atoms with Crippen LogP contribution < -0.4 is 19.1 Å². The standard InChI is InChI=1S/C31H30N2O6/c1-4-37-20-11-9-10-19(16-20)33-28(24-18-32-25-13-8-7-12-22(24)25)27(30(35)31(33)36)29(34)23-15-14-21(38-5-2)17-26(23)39-6-3/h7-18,28,32,34H,4-6H2,1-3H3/b29-27+. The Balaban J connectivity index is 1.75. The van der Waals surface area contributed by atoms with Crippen LogP contribution in [0, 0.1) is 0 Å². The summed E-state index contributed by atoms with van der Waals surface area (Å²) >= 11 is 0. The summed E-state index contributed by atoms with van der Waals surface area (Å²) in [6.45, 7) is 6.82. The highest BCUT2D eigenvalue weighted by atomic mass is 16.5. The topological polar surface area (TPSA) is 101 Å².